The molecule has 2 heterocycles. The van der Waals surface area contributed by atoms with Crippen molar-refractivity contribution < 1.29 is 18.8 Å². The van der Waals surface area contributed by atoms with E-state index in [9.17, 15) is 14.4 Å². The molecule has 1 aliphatic heterocycles. The molecule has 0 saturated heterocycles. The minimum Gasteiger partial charge on any atom is -0.467 e. The van der Waals surface area contributed by atoms with Gasteiger partial charge in [-0.2, -0.15) is 0 Å². The maximum Gasteiger partial charge on any atom is 0.261 e. The lowest BCUT2D eigenvalue weighted by Gasteiger charge is -2.11. The SMILES string of the molecule is O=C(Nc1ccc(Nc2ccccc2)cc1)c1ccc2c(c1)C(=O)N(Cc1ccco1)C2=O. The summed E-state index contributed by atoms with van der Waals surface area (Å²) in [5.74, 6) is -0.712. The van der Waals surface area contributed by atoms with Gasteiger partial charge in [-0.1, -0.05) is 18.2 Å². The van der Waals surface area contributed by atoms with E-state index < -0.39 is 11.8 Å². The van der Waals surface area contributed by atoms with Crippen LogP contribution in [0.3, 0.4) is 0 Å². The number of para-hydroxylation sites is 1. The summed E-state index contributed by atoms with van der Waals surface area (Å²) in [6.45, 7) is 0.0459. The molecular formula is C26H19N3O4. The Hall–Kier alpha value is -4.65. The van der Waals surface area contributed by atoms with Gasteiger partial charge >= 0.3 is 0 Å². The van der Waals surface area contributed by atoms with Crippen LogP contribution < -0.4 is 10.6 Å². The number of fused-ring (bicyclic) bond motifs is 1. The zero-order valence-corrected chi connectivity index (χ0v) is 17.4. The van der Waals surface area contributed by atoms with Crippen LogP contribution in [-0.2, 0) is 6.54 Å². The third kappa shape index (κ3) is 4.12. The van der Waals surface area contributed by atoms with Gasteiger partial charge in [-0.05, 0) is 66.7 Å². The highest BCUT2D eigenvalue weighted by Gasteiger charge is 2.36. The van der Waals surface area contributed by atoms with Crippen LogP contribution in [0.1, 0.15) is 36.8 Å². The number of amides is 3. The second-order valence-electron chi connectivity index (χ2n) is 7.56. The number of hydrogen-bond donors (Lipinski definition) is 2. The lowest BCUT2D eigenvalue weighted by Crippen LogP contribution is -2.28. The predicted molar refractivity (Wildman–Crippen MR) is 123 cm³/mol. The molecule has 0 radical (unpaired) electrons. The van der Waals surface area contributed by atoms with Crippen molar-refractivity contribution in [3.05, 3.63) is 114 Å². The van der Waals surface area contributed by atoms with Gasteiger partial charge in [-0.3, -0.25) is 19.3 Å². The van der Waals surface area contributed by atoms with Crippen LogP contribution in [0.15, 0.2) is 95.6 Å². The first-order chi connectivity index (χ1) is 16.1. The van der Waals surface area contributed by atoms with Gasteiger partial charge in [-0.25, -0.2) is 0 Å². The number of benzene rings is 3. The van der Waals surface area contributed by atoms with E-state index in [0.29, 0.717) is 17.0 Å². The second-order valence-corrected chi connectivity index (χ2v) is 7.56. The Morgan fingerprint density at radius 3 is 2.18 bits per heavy atom. The Kier molecular flexibility index (Phi) is 5.20. The van der Waals surface area contributed by atoms with E-state index in [1.54, 1.807) is 30.3 Å². The quantitative estimate of drug-likeness (QED) is 0.411. The normalized spacial score (nSPS) is 12.5. The Morgan fingerprint density at radius 1 is 0.758 bits per heavy atom. The number of anilines is 3. The molecule has 0 fully saturated rings. The summed E-state index contributed by atoms with van der Waals surface area (Å²) in [6.07, 6.45) is 1.49. The fourth-order valence-electron chi connectivity index (χ4n) is 3.66. The monoisotopic (exact) mass is 437 g/mol. The van der Waals surface area contributed by atoms with Crippen molar-refractivity contribution in [3.8, 4) is 0 Å². The van der Waals surface area contributed by atoms with E-state index in [2.05, 4.69) is 10.6 Å². The zero-order chi connectivity index (χ0) is 22.8. The first kappa shape index (κ1) is 20.3. The second kappa shape index (κ2) is 8.47. The Balaban J connectivity index is 1.28. The van der Waals surface area contributed by atoms with E-state index in [0.717, 1.165) is 16.3 Å². The number of carbonyl (C=O) groups is 3. The lowest BCUT2D eigenvalue weighted by atomic mass is 10.1. The van der Waals surface area contributed by atoms with Crippen molar-refractivity contribution in [3.63, 3.8) is 0 Å². The number of nitrogens with one attached hydrogen (secondary N) is 2. The molecular weight excluding hydrogens is 418 g/mol. The van der Waals surface area contributed by atoms with Crippen LogP contribution in [0.5, 0.6) is 0 Å². The number of imide groups is 1. The summed E-state index contributed by atoms with van der Waals surface area (Å²) < 4.78 is 5.25. The van der Waals surface area contributed by atoms with Gasteiger partial charge in [0.15, 0.2) is 0 Å². The molecule has 1 aromatic heterocycles. The zero-order valence-electron chi connectivity index (χ0n) is 17.4. The molecule has 1 aliphatic rings. The smallest absolute Gasteiger partial charge is 0.261 e. The topological polar surface area (TPSA) is 91.7 Å². The minimum absolute atomic E-state index is 0.0459. The van der Waals surface area contributed by atoms with Gasteiger partial charge in [-0.15, -0.1) is 0 Å². The van der Waals surface area contributed by atoms with E-state index >= 15 is 0 Å². The largest absolute Gasteiger partial charge is 0.467 e. The van der Waals surface area contributed by atoms with Gasteiger partial charge < -0.3 is 15.1 Å². The molecule has 0 aliphatic carbocycles. The molecule has 3 amide bonds. The minimum atomic E-state index is -0.447. The number of nitrogens with zero attached hydrogens (tertiary/aromatic N) is 1. The van der Waals surface area contributed by atoms with Crippen LogP contribution in [-0.4, -0.2) is 22.6 Å². The maximum absolute atomic E-state index is 12.8. The fraction of sp³-hybridized carbons (Fsp3) is 0.0385. The van der Waals surface area contributed by atoms with Crippen molar-refractivity contribution in [2.75, 3.05) is 10.6 Å². The molecule has 162 valence electrons. The molecule has 4 aromatic rings. The standard InChI is InChI=1S/C26H19N3O4/c30-24(28-20-11-9-19(10-12-20)27-18-5-2-1-3-6-18)17-8-13-22-23(15-17)26(32)29(25(22)31)16-21-7-4-14-33-21/h1-15,27H,16H2,(H,28,30). The van der Waals surface area contributed by atoms with Crippen LogP contribution in [0, 0.1) is 0 Å². The lowest BCUT2D eigenvalue weighted by molar-refractivity contribution is 0.0631. The van der Waals surface area contributed by atoms with Crippen molar-refractivity contribution >= 4 is 34.8 Å². The maximum atomic E-state index is 12.8. The number of rotatable bonds is 6. The van der Waals surface area contributed by atoms with Gasteiger partial charge in [0.25, 0.3) is 17.7 Å². The Labute approximate surface area is 189 Å². The highest BCUT2D eigenvalue weighted by atomic mass is 16.3. The van der Waals surface area contributed by atoms with E-state index in [1.807, 2.05) is 42.5 Å². The highest BCUT2D eigenvalue weighted by Crippen LogP contribution is 2.26. The molecule has 2 N–H and O–H groups in total. The molecule has 0 spiro atoms. The molecule has 33 heavy (non-hydrogen) atoms. The van der Waals surface area contributed by atoms with Crippen LogP contribution >= 0.6 is 0 Å². The Morgan fingerprint density at radius 2 is 1.45 bits per heavy atom. The van der Waals surface area contributed by atoms with Gasteiger partial charge in [0.05, 0.1) is 23.9 Å². The number of furan rings is 1. The molecule has 0 bridgehead atoms. The van der Waals surface area contributed by atoms with Crippen molar-refractivity contribution in [2.24, 2.45) is 0 Å². The van der Waals surface area contributed by atoms with Gasteiger partial charge in [0.2, 0.25) is 0 Å². The summed E-state index contributed by atoms with van der Waals surface area (Å²) in [5.41, 5.74) is 3.24. The van der Waals surface area contributed by atoms with E-state index in [-0.39, 0.29) is 23.6 Å². The van der Waals surface area contributed by atoms with Gasteiger partial charge in [0.1, 0.15) is 5.76 Å². The van der Waals surface area contributed by atoms with E-state index in [1.165, 1.54) is 18.4 Å². The summed E-state index contributed by atoms with van der Waals surface area (Å²) in [5, 5.41) is 6.10. The van der Waals surface area contributed by atoms with Gasteiger partial charge in [0, 0.05) is 22.6 Å². The van der Waals surface area contributed by atoms with Crippen molar-refractivity contribution in [1.29, 1.82) is 0 Å². The summed E-state index contributed by atoms with van der Waals surface area (Å²) in [6, 6.07) is 25.0. The molecule has 5 rings (SSSR count). The number of hydrogen-bond acceptors (Lipinski definition) is 5. The molecule has 3 aromatic carbocycles. The fourth-order valence-corrected chi connectivity index (χ4v) is 3.66. The summed E-state index contributed by atoms with van der Waals surface area (Å²) in [7, 11) is 0. The summed E-state index contributed by atoms with van der Waals surface area (Å²) in [4.78, 5) is 39.3. The first-order valence-electron chi connectivity index (χ1n) is 10.3. The van der Waals surface area contributed by atoms with Crippen molar-refractivity contribution in [1.82, 2.24) is 4.90 Å². The average Bonchev–Trinajstić information content (AvgIpc) is 3.44. The third-order valence-electron chi connectivity index (χ3n) is 5.33. The highest BCUT2D eigenvalue weighted by molar-refractivity contribution is 6.22. The Bertz CT molecular complexity index is 1330. The molecule has 0 unspecified atom stereocenters. The third-order valence-corrected chi connectivity index (χ3v) is 5.33. The van der Waals surface area contributed by atoms with Crippen LogP contribution in [0.25, 0.3) is 0 Å². The first-order valence-corrected chi connectivity index (χ1v) is 10.3. The molecule has 7 nitrogen and oxygen atoms in total. The van der Waals surface area contributed by atoms with Crippen molar-refractivity contribution in [2.45, 2.75) is 6.54 Å². The average molecular weight is 437 g/mol. The molecule has 7 heteroatoms. The van der Waals surface area contributed by atoms with Crippen LogP contribution in [0.4, 0.5) is 17.1 Å². The molecule has 0 saturated carbocycles. The number of carbonyl (C=O) groups excluding carboxylic acids is 3. The summed E-state index contributed by atoms with van der Waals surface area (Å²) >= 11 is 0. The molecule has 0 atom stereocenters. The van der Waals surface area contributed by atoms with E-state index in [4.69, 9.17) is 4.42 Å². The van der Waals surface area contributed by atoms with Crippen LogP contribution in [0.2, 0.25) is 0 Å². The predicted octanol–water partition coefficient (Wildman–Crippen LogP) is 5.07.